The van der Waals surface area contributed by atoms with Crippen molar-refractivity contribution in [2.24, 2.45) is 0 Å². The highest BCUT2D eigenvalue weighted by atomic mass is 16.6. The van der Waals surface area contributed by atoms with Gasteiger partial charge in [0.1, 0.15) is 13.2 Å². The Labute approximate surface area is 446 Å². The molecule has 1 atom stereocenters. The molecule has 0 radical (unpaired) electrons. The van der Waals surface area contributed by atoms with Crippen molar-refractivity contribution in [2.75, 3.05) is 13.2 Å². The largest absolute Gasteiger partial charge is 0.462 e. The molecule has 0 bridgehead atoms. The van der Waals surface area contributed by atoms with Crippen molar-refractivity contribution in [3.8, 4) is 0 Å². The molecule has 0 heterocycles. The van der Waals surface area contributed by atoms with Gasteiger partial charge in [0.25, 0.3) is 0 Å². The van der Waals surface area contributed by atoms with Gasteiger partial charge in [0.15, 0.2) is 6.10 Å². The van der Waals surface area contributed by atoms with Gasteiger partial charge in [0.05, 0.1) is 0 Å². The van der Waals surface area contributed by atoms with Gasteiger partial charge in [-0.05, 0) is 109 Å². The molecular weight excluding hydrogens is 889 g/mol. The van der Waals surface area contributed by atoms with E-state index in [-0.39, 0.29) is 31.1 Å². The third-order valence-corrected chi connectivity index (χ3v) is 13.4. The van der Waals surface area contributed by atoms with Crippen LogP contribution < -0.4 is 0 Å². The Bertz CT molecular complexity index is 1340. The monoisotopic (exact) mass is 1000 g/mol. The van der Waals surface area contributed by atoms with Crippen molar-refractivity contribution in [2.45, 2.75) is 316 Å². The molecular formula is C66H116O6. The van der Waals surface area contributed by atoms with E-state index in [2.05, 4.69) is 93.7 Å². The highest BCUT2D eigenvalue weighted by Gasteiger charge is 2.19. The fourth-order valence-corrected chi connectivity index (χ4v) is 8.78. The topological polar surface area (TPSA) is 78.9 Å². The number of carbonyl (C=O) groups is 3. The zero-order valence-electron chi connectivity index (χ0n) is 47.7. The average Bonchev–Trinajstić information content (AvgIpc) is 3.38. The van der Waals surface area contributed by atoms with Crippen molar-refractivity contribution in [3.63, 3.8) is 0 Å². The lowest BCUT2D eigenvalue weighted by Gasteiger charge is -2.18. The number of hydrogen-bond donors (Lipinski definition) is 0. The van der Waals surface area contributed by atoms with E-state index < -0.39 is 6.10 Å². The van der Waals surface area contributed by atoms with E-state index in [1.165, 1.54) is 180 Å². The minimum Gasteiger partial charge on any atom is -0.462 e. The summed E-state index contributed by atoms with van der Waals surface area (Å²) in [5.41, 5.74) is 0. The second kappa shape index (κ2) is 60.4. The molecule has 0 aromatic carbocycles. The Hall–Kier alpha value is -3.15. The summed E-state index contributed by atoms with van der Waals surface area (Å²) in [7, 11) is 0. The Morgan fingerprint density at radius 1 is 0.292 bits per heavy atom. The molecule has 0 saturated heterocycles. The van der Waals surface area contributed by atoms with Crippen molar-refractivity contribution in [1.29, 1.82) is 0 Å². The smallest absolute Gasteiger partial charge is 0.306 e. The van der Waals surface area contributed by atoms with E-state index in [4.69, 9.17) is 14.2 Å². The lowest BCUT2D eigenvalue weighted by Crippen LogP contribution is -2.30. The molecule has 0 aliphatic heterocycles. The third kappa shape index (κ3) is 57.7. The number of allylic oxidation sites excluding steroid dienone is 12. The maximum absolute atomic E-state index is 12.9. The maximum atomic E-state index is 12.9. The quantitative estimate of drug-likeness (QED) is 0.0261. The summed E-state index contributed by atoms with van der Waals surface area (Å²) < 4.78 is 16.9. The molecule has 0 saturated carbocycles. The number of unbranched alkanes of at least 4 members (excludes halogenated alkanes) is 33. The Kier molecular flexibility index (Phi) is 57.8. The van der Waals surface area contributed by atoms with Gasteiger partial charge in [-0.15, -0.1) is 0 Å². The first kappa shape index (κ1) is 68.8. The Balaban J connectivity index is 4.34. The van der Waals surface area contributed by atoms with Crippen LogP contribution in [0.4, 0.5) is 0 Å². The minimum absolute atomic E-state index is 0.0865. The zero-order chi connectivity index (χ0) is 52.2. The standard InChI is InChI=1S/C66H116O6/c1-4-7-10-13-16-19-22-25-27-29-31-32-33-34-35-37-38-41-44-47-50-53-56-59-65(68)71-62-63(61-70-64(67)58-55-52-49-46-43-40-24-21-18-15-12-9-6-3)72-66(69)60-57-54-51-48-45-42-39-36-30-28-26-23-20-17-14-11-8-5-2/h9,12,18,21-22,25,28-31,40,43,63H,4-8,10-11,13-17,19-20,23-24,26-27,32-39,41-42,44-62H2,1-3H3/b12-9-,21-18-,25-22-,30-28-,31-29-,43-40-. The van der Waals surface area contributed by atoms with Gasteiger partial charge >= 0.3 is 17.9 Å². The first-order chi connectivity index (χ1) is 35.5. The summed E-state index contributed by atoms with van der Waals surface area (Å²) in [5, 5.41) is 0. The van der Waals surface area contributed by atoms with Crippen LogP contribution in [0.1, 0.15) is 310 Å². The van der Waals surface area contributed by atoms with Gasteiger partial charge in [-0.25, -0.2) is 0 Å². The number of carbonyl (C=O) groups excluding carboxylic acids is 3. The van der Waals surface area contributed by atoms with E-state index in [1.807, 2.05) is 0 Å². The van der Waals surface area contributed by atoms with Crippen molar-refractivity contribution >= 4 is 17.9 Å². The van der Waals surface area contributed by atoms with Crippen LogP contribution in [0.5, 0.6) is 0 Å². The molecule has 0 aliphatic carbocycles. The van der Waals surface area contributed by atoms with Crippen LogP contribution in [0.3, 0.4) is 0 Å². The molecule has 0 aromatic rings. The van der Waals surface area contributed by atoms with Crippen LogP contribution in [0.2, 0.25) is 0 Å². The summed E-state index contributed by atoms with van der Waals surface area (Å²) in [6.07, 6.45) is 77.6. The van der Waals surface area contributed by atoms with Crippen LogP contribution in [-0.2, 0) is 28.6 Å². The molecule has 6 heteroatoms. The predicted molar refractivity (Wildman–Crippen MR) is 311 cm³/mol. The van der Waals surface area contributed by atoms with E-state index in [9.17, 15) is 14.4 Å². The van der Waals surface area contributed by atoms with E-state index in [0.717, 1.165) is 89.9 Å². The van der Waals surface area contributed by atoms with Gasteiger partial charge in [-0.3, -0.25) is 14.4 Å². The van der Waals surface area contributed by atoms with Crippen molar-refractivity contribution < 1.29 is 28.6 Å². The third-order valence-electron chi connectivity index (χ3n) is 13.4. The zero-order valence-corrected chi connectivity index (χ0v) is 47.7. The molecule has 0 N–H and O–H groups in total. The number of esters is 3. The van der Waals surface area contributed by atoms with Gasteiger partial charge in [-0.2, -0.15) is 0 Å². The van der Waals surface area contributed by atoms with Crippen LogP contribution in [-0.4, -0.2) is 37.2 Å². The van der Waals surface area contributed by atoms with Crippen molar-refractivity contribution in [3.05, 3.63) is 72.9 Å². The lowest BCUT2D eigenvalue weighted by molar-refractivity contribution is -0.167. The first-order valence-corrected chi connectivity index (χ1v) is 30.9. The van der Waals surface area contributed by atoms with Crippen LogP contribution >= 0.6 is 0 Å². The predicted octanol–water partition coefficient (Wildman–Crippen LogP) is 20.9. The Morgan fingerprint density at radius 2 is 0.542 bits per heavy atom. The second-order valence-electron chi connectivity index (χ2n) is 20.6. The van der Waals surface area contributed by atoms with Crippen LogP contribution in [0, 0.1) is 0 Å². The average molecular weight is 1010 g/mol. The second-order valence-corrected chi connectivity index (χ2v) is 20.6. The van der Waals surface area contributed by atoms with Gasteiger partial charge < -0.3 is 14.2 Å². The van der Waals surface area contributed by atoms with Crippen LogP contribution in [0.25, 0.3) is 0 Å². The molecule has 1 unspecified atom stereocenters. The normalized spacial score (nSPS) is 12.5. The lowest BCUT2D eigenvalue weighted by atomic mass is 10.0. The number of rotatable bonds is 56. The number of ether oxygens (including phenoxy) is 3. The molecule has 0 aliphatic rings. The van der Waals surface area contributed by atoms with E-state index in [0.29, 0.717) is 19.3 Å². The van der Waals surface area contributed by atoms with Gasteiger partial charge in [0, 0.05) is 19.3 Å². The maximum Gasteiger partial charge on any atom is 0.306 e. The summed E-state index contributed by atoms with van der Waals surface area (Å²) in [6, 6.07) is 0. The minimum atomic E-state index is -0.791. The molecule has 0 rings (SSSR count). The molecule has 0 fully saturated rings. The molecule has 0 amide bonds. The van der Waals surface area contributed by atoms with Crippen LogP contribution in [0.15, 0.2) is 72.9 Å². The molecule has 416 valence electrons. The summed E-state index contributed by atoms with van der Waals surface area (Å²) >= 11 is 0. The highest BCUT2D eigenvalue weighted by molar-refractivity contribution is 5.71. The van der Waals surface area contributed by atoms with Crippen molar-refractivity contribution in [1.82, 2.24) is 0 Å². The molecule has 72 heavy (non-hydrogen) atoms. The molecule has 0 spiro atoms. The van der Waals surface area contributed by atoms with Gasteiger partial charge in [-0.1, -0.05) is 254 Å². The SMILES string of the molecule is CC/C=C\C/C=C\C/C=C\CCCCCC(=O)OCC(COC(=O)CCCCCCCCCCCCC/C=C\C/C=C\CCCCCCC)OC(=O)CCCCCCCCC/C=C\CCCCCCCCC. The Morgan fingerprint density at radius 3 is 0.875 bits per heavy atom. The summed E-state index contributed by atoms with van der Waals surface area (Å²) in [5.74, 6) is -0.912. The summed E-state index contributed by atoms with van der Waals surface area (Å²) in [4.78, 5) is 38.2. The molecule has 0 aromatic heterocycles. The van der Waals surface area contributed by atoms with E-state index in [1.54, 1.807) is 0 Å². The molecule has 6 nitrogen and oxygen atoms in total. The summed E-state index contributed by atoms with van der Waals surface area (Å²) in [6.45, 7) is 6.51. The fourth-order valence-electron chi connectivity index (χ4n) is 8.78. The first-order valence-electron chi connectivity index (χ1n) is 30.9. The highest BCUT2D eigenvalue weighted by Crippen LogP contribution is 2.16. The van der Waals surface area contributed by atoms with Gasteiger partial charge in [0.2, 0.25) is 0 Å². The fraction of sp³-hybridized carbons (Fsp3) is 0.773. The number of hydrogen-bond acceptors (Lipinski definition) is 6. The van der Waals surface area contributed by atoms with E-state index >= 15 is 0 Å².